The van der Waals surface area contributed by atoms with Gasteiger partial charge in [0.1, 0.15) is 0 Å². The molecule has 0 bridgehead atoms. The molecule has 7 nitrogen and oxygen atoms in total. The number of ether oxygens (including phenoxy) is 1. The number of benzene rings is 1. The minimum absolute atomic E-state index is 0.0580. The van der Waals surface area contributed by atoms with Gasteiger partial charge in [0.15, 0.2) is 0 Å². The summed E-state index contributed by atoms with van der Waals surface area (Å²) in [7, 11) is -2.06. The van der Waals surface area contributed by atoms with Gasteiger partial charge in [-0.15, -0.1) is 0 Å². The van der Waals surface area contributed by atoms with Crippen LogP contribution < -0.4 is 11.1 Å². The van der Waals surface area contributed by atoms with E-state index in [1.54, 1.807) is 19.2 Å². The molecule has 0 spiro atoms. The number of nitrogens with one attached hydrogen (secondary N) is 1. The van der Waals surface area contributed by atoms with Crippen LogP contribution in [0.15, 0.2) is 29.2 Å². The molecule has 0 aromatic heterocycles. The fraction of sp³-hybridized carbons (Fsp3) is 0.611. The second-order valence-corrected chi connectivity index (χ2v) is 9.13. The molecule has 1 aliphatic carbocycles. The Hall–Kier alpha value is -1.48. The summed E-state index contributed by atoms with van der Waals surface area (Å²) in [5.41, 5.74) is 6.23. The smallest absolute Gasteiger partial charge is 0.251 e. The fourth-order valence-electron chi connectivity index (χ4n) is 3.63. The SMILES string of the molecule is CN(C1CCOCC1)S(=O)(=O)c1cccc(C(=O)N[C@H]2CC[C@H](N)C2)c1. The predicted octanol–water partition coefficient (Wildman–Crippen LogP) is 1.10. The van der Waals surface area contributed by atoms with E-state index in [1.807, 2.05) is 0 Å². The van der Waals surface area contributed by atoms with E-state index in [9.17, 15) is 13.2 Å². The molecule has 3 rings (SSSR count). The zero-order chi connectivity index (χ0) is 18.7. The molecule has 1 heterocycles. The van der Waals surface area contributed by atoms with Gasteiger partial charge in [0.05, 0.1) is 4.90 Å². The molecule has 2 fully saturated rings. The van der Waals surface area contributed by atoms with Crippen LogP contribution in [0.1, 0.15) is 42.5 Å². The highest BCUT2D eigenvalue weighted by molar-refractivity contribution is 7.89. The van der Waals surface area contributed by atoms with Crippen LogP contribution in [-0.2, 0) is 14.8 Å². The molecule has 1 saturated heterocycles. The van der Waals surface area contributed by atoms with Crippen molar-refractivity contribution in [2.75, 3.05) is 20.3 Å². The average molecular weight is 381 g/mol. The molecule has 3 N–H and O–H groups in total. The van der Waals surface area contributed by atoms with E-state index in [-0.39, 0.29) is 28.9 Å². The average Bonchev–Trinajstić information content (AvgIpc) is 3.06. The molecular formula is C18H27N3O4S. The second-order valence-electron chi connectivity index (χ2n) is 7.14. The zero-order valence-corrected chi connectivity index (χ0v) is 15.9. The van der Waals surface area contributed by atoms with Gasteiger partial charge in [-0.25, -0.2) is 8.42 Å². The minimum Gasteiger partial charge on any atom is -0.381 e. The Labute approximate surface area is 154 Å². The molecule has 1 amide bonds. The number of sulfonamides is 1. The molecule has 26 heavy (non-hydrogen) atoms. The Kier molecular flexibility index (Phi) is 5.96. The molecule has 0 radical (unpaired) electrons. The highest BCUT2D eigenvalue weighted by atomic mass is 32.2. The van der Waals surface area contributed by atoms with E-state index >= 15 is 0 Å². The van der Waals surface area contributed by atoms with Gasteiger partial charge in [0, 0.05) is 44.0 Å². The number of hydrogen-bond acceptors (Lipinski definition) is 5. The van der Waals surface area contributed by atoms with Crippen molar-refractivity contribution in [3.63, 3.8) is 0 Å². The maximum Gasteiger partial charge on any atom is 0.251 e. The van der Waals surface area contributed by atoms with Crippen LogP contribution in [0.5, 0.6) is 0 Å². The van der Waals surface area contributed by atoms with Crippen molar-refractivity contribution in [1.29, 1.82) is 0 Å². The first-order valence-corrected chi connectivity index (χ1v) is 10.5. The fourth-order valence-corrected chi connectivity index (χ4v) is 5.09. The maximum atomic E-state index is 12.9. The number of nitrogens with zero attached hydrogens (tertiary/aromatic N) is 1. The van der Waals surface area contributed by atoms with E-state index in [2.05, 4.69) is 5.32 Å². The van der Waals surface area contributed by atoms with E-state index in [0.29, 0.717) is 31.6 Å². The molecule has 2 aliphatic rings. The van der Waals surface area contributed by atoms with Crippen molar-refractivity contribution in [1.82, 2.24) is 9.62 Å². The second kappa shape index (κ2) is 8.04. The Morgan fingerprint density at radius 3 is 2.62 bits per heavy atom. The lowest BCUT2D eigenvalue weighted by Crippen LogP contribution is -2.40. The normalized spacial score (nSPS) is 24.7. The molecule has 1 aromatic carbocycles. The van der Waals surface area contributed by atoms with Gasteiger partial charge in [-0.3, -0.25) is 4.79 Å². The standard InChI is InChI=1S/C18H27N3O4S/c1-21(16-7-9-25-10-8-16)26(23,24)17-4-2-3-13(11-17)18(22)20-15-6-5-14(19)12-15/h2-4,11,14-16H,5-10,12,19H2,1H3,(H,20,22)/t14-,15-/m0/s1. The summed E-state index contributed by atoms with van der Waals surface area (Å²) >= 11 is 0. The Morgan fingerprint density at radius 2 is 1.96 bits per heavy atom. The summed E-state index contributed by atoms with van der Waals surface area (Å²) in [5, 5.41) is 2.95. The van der Waals surface area contributed by atoms with Crippen LogP contribution in [0.2, 0.25) is 0 Å². The van der Waals surface area contributed by atoms with Gasteiger partial charge >= 0.3 is 0 Å². The van der Waals surface area contributed by atoms with Gasteiger partial charge in [0.25, 0.3) is 5.91 Å². The molecule has 2 atom stereocenters. The summed E-state index contributed by atoms with van der Waals surface area (Å²) in [5.74, 6) is -0.255. The van der Waals surface area contributed by atoms with Crippen molar-refractivity contribution >= 4 is 15.9 Å². The third-order valence-electron chi connectivity index (χ3n) is 5.29. The predicted molar refractivity (Wildman–Crippen MR) is 98.3 cm³/mol. The van der Waals surface area contributed by atoms with Gasteiger partial charge in [-0.1, -0.05) is 6.07 Å². The van der Waals surface area contributed by atoms with Gasteiger partial charge in [-0.05, 0) is 50.3 Å². The molecule has 1 saturated carbocycles. The summed E-state index contributed by atoms with van der Waals surface area (Å²) in [6.07, 6.45) is 3.87. The first-order valence-electron chi connectivity index (χ1n) is 9.10. The third kappa shape index (κ3) is 4.25. The highest BCUT2D eigenvalue weighted by Gasteiger charge is 2.30. The van der Waals surface area contributed by atoms with Gasteiger partial charge in [0.2, 0.25) is 10.0 Å². The Morgan fingerprint density at radius 1 is 1.23 bits per heavy atom. The lowest BCUT2D eigenvalue weighted by atomic mass is 10.1. The van der Waals surface area contributed by atoms with Crippen LogP contribution in [-0.4, -0.2) is 57.0 Å². The lowest BCUT2D eigenvalue weighted by Gasteiger charge is -2.30. The van der Waals surface area contributed by atoms with E-state index in [0.717, 1.165) is 19.3 Å². The Balaban J connectivity index is 1.74. The lowest BCUT2D eigenvalue weighted by molar-refractivity contribution is 0.0632. The topological polar surface area (TPSA) is 102 Å². The van der Waals surface area contributed by atoms with E-state index < -0.39 is 10.0 Å². The van der Waals surface area contributed by atoms with Gasteiger partial charge < -0.3 is 15.8 Å². The van der Waals surface area contributed by atoms with Crippen LogP contribution >= 0.6 is 0 Å². The van der Waals surface area contributed by atoms with Crippen LogP contribution in [0.4, 0.5) is 0 Å². The van der Waals surface area contributed by atoms with Crippen molar-refractivity contribution in [2.24, 2.45) is 5.73 Å². The number of hydrogen-bond donors (Lipinski definition) is 2. The van der Waals surface area contributed by atoms with Crippen LogP contribution in [0.25, 0.3) is 0 Å². The van der Waals surface area contributed by atoms with Crippen LogP contribution in [0.3, 0.4) is 0 Å². The summed E-state index contributed by atoms with van der Waals surface area (Å²) in [4.78, 5) is 12.6. The molecular weight excluding hydrogens is 354 g/mol. The van der Waals surface area contributed by atoms with Crippen molar-refractivity contribution < 1.29 is 17.9 Å². The number of carbonyl (C=O) groups excluding carboxylic acids is 1. The minimum atomic E-state index is -3.65. The number of nitrogens with two attached hydrogens (primary N) is 1. The highest BCUT2D eigenvalue weighted by Crippen LogP contribution is 2.23. The summed E-state index contributed by atoms with van der Waals surface area (Å²) in [6.45, 7) is 1.13. The quantitative estimate of drug-likeness (QED) is 0.795. The molecule has 1 aromatic rings. The summed E-state index contributed by atoms with van der Waals surface area (Å²) < 4.78 is 32.6. The largest absolute Gasteiger partial charge is 0.381 e. The molecule has 144 valence electrons. The third-order valence-corrected chi connectivity index (χ3v) is 7.19. The van der Waals surface area contributed by atoms with E-state index in [4.69, 9.17) is 10.5 Å². The number of carbonyl (C=O) groups is 1. The van der Waals surface area contributed by atoms with Crippen LogP contribution in [0, 0.1) is 0 Å². The first kappa shape index (κ1) is 19.3. The maximum absolute atomic E-state index is 12.9. The van der Waals surface area contributed by atoms with Crippen molar-refractivity contribution in [3.8, 4) is 0 Å². The zero-order valence-electron chi connectivity index (χ0n) is 15.1. The van der Waals surface area contributed by atoms with E-state index in [1.165, 1.54) is 16.4 Å². The first-order chi connectivity index (χ1) is 12.4. The number of rotatable bonds is 5. The molecule has 1 aliphatic heterocycles. The monoisotopic (exact) mass is 381 g/mol. The van der Waals surface area contributed by atoms with Crippen molar-refractivity contribution in [3.05, 3.63) is 29.8 Å². The van der Waals surface area contributed by atoms with Gasteiger partial charge in [-0.2, -0.15) is 4.31 Å². The molecule has 0 unspecified atom stereocenters. The molecule has 8 heteroatoms. The number of amides is 1. The summed E-state index contributed by atoms with van der Waals surface area (Å²) in [6, 6.07) is 6.34. The van der Waals surface area contributed by atoms with Crippen molar-refractivity contribution in [2.45, 2.75) is 55.1 Å². The Bertz CT molecular complexity index is 747.